The van der Waals surface area contributed by atoms with Gasteiger partial charge in [0.1, 0.15) is 0 Å². The molecule has 0 atom stereocenters. The van der Waals surface area contributed by atoms with Gasteiger partial charge in [-0.25, -0.2) is 0 Å². The molecule has 6 heteroatoms. The van der Waals surface area contributed by atoms with Crippen molar-refractivity contribution in [2.75, 3.05) is 0 Å². The predicted molar refractivity (Wildman–Crippen MR) is 27.1 cm³/mol. The van der Waals surface area contributed by atoms with Crippen LogP contribution in [-0.2, 0) is 16.5 Å². The van der Waals surface area contributed by atoms with Gasteiger partial charge in [0.25, 0.3) is 0 Å². The van der Waals surface area contributed by atoms with E-state index >= 15 is 0 Å². The van der Waals surface area contributed by atoms with E-state index in [1.165, 1.54) is 0 Å². The number of hydrogen-bond acceptors (Lipinski definition) is 4. The van der Waals surface area contributed by atoms with Crippen molar-refractivity contribution in [1.29, 1.82) is 0 Å². The van der Waals surface area contributed by atoms with E-state index in [1.54, 1.807) is 0 Å². The van der Waals surface area contributed by atoms with Crippen molar-refractivity contribution < 1.29 is 16.5 Å². The molecule has 0 radical (unpaired) electrons. The van der Waals surface area contributed by atoms with Crippen molar-refractivity contribution in [3.63, 3.8) is 0 Å². The summed E-state index contributed by atoms with van der Waals surface area (Å²) in [4.78, 5) is 0. The van der Waals surface area contributed by atoms with Crippen LogP contribution in [-0.4, -0.2) is 0 Å². The molecule has 0 bridgehead atoms. The molecule has 0 aliphatic rings. The molecule has 8 N–H and O–H groups in total. The quantitative estimate of drug-likeness (QED) is 0.382. The Balaban J connectivity index is 0. The van der Waals surface area contributed by atoms with Crippen molar-refractivity contribution >= 4 is 17.0 Å². The second-order valence-electron chi connectivity index (χ2n) is 0.632. The van der Waals surface area contributed by atoms with Crippen LogP contribution < -0.4 is 17.5 Å². The monoisotopic (exact) mass is 250 g/mol. The third kappa shape index (κ3) is 81.9. The fourth-order valence-corrected chi connectivity index (χ4v) is 0. The fourth-order valence-electron chi connectivity index (χ4n) is 0. The van der Waals surface area contributed by atoms with Gasteiger partial charge in [-0.05, 0) is 0 Å². The van der Waals surface area contributed by atoms with Gasteiger partial charge >= 0.3 is 34.0 Å². The Hall–Kier alpha value is 0.982. The van der Waals surface area contributed by atoms with Crippen LogP contribution in [0.4, 0.5) is 0 Å². The Morgan fingerprint density at radius 1 is 0.833 bits per heavy atom. The Kier molecular flexibility index (Phi) is 5.11. The van der Waals surface area contributed by atoms with Crippen LogP contribution in [0.3, 0.4) is 0 Å². The molecule has 0 aromatic carbocycles. The van der Waals surface area contributed by atoms with Crippen LogP contribution in [0.5, 0.6) is 0 Å². The summed E-state index contributed by atoms with van der Waals surface area (Å²) >= 11 is -2.70. The van der Waals surface area contributed by atoms with E-state index < -0.39 is 16.5 Å². The molecular weight excluding hydrogens is 242 g/mol. The van der Waals surface area contributed by atoms with E-state index in [4.69, 9.17) is 17.5 Å². The summed E-state index contributed by atoms with van der Waals surface area (Å²) in [6.07, 6.45) is 0. The van der Waals surface area contributed by atoms with Crippen molar-refractivity contribution in [2.24, 2.45) is 17.5 Å². The maximum absolute atomic E-state index is 4.84. The van der Waals surface area contributed by atoms with Crippen LogP contribution in [0, 0.1) is 0 Å². The molecule has 0 aromatic heterocycles. The van der Waals surface area contributed by atoms with E-state index in [0.717, 1.165) is 0 Å². The summed E-state index contributed by atoms with van der Waals surface area (Å²) in [5.41, 5.74) is 0. The number of rotatable bonds is 0. The molecule has 6 heavy (non-hydrogen) atoms. The molecular formula is H9BrN4Pd. The molecule has 0 spiro atoms. The third-order valence-corrected chi connectivity index (χ3v) is 0. The summed E-state index contributed by atoms with van der Waals surface area (Å²) in [5.74, 6) is 0. The van der Waals surface area contributed by atoms with Gasteiger partial charge in [-0.2, -0.15) is 0 Å². The van der Waals surface area contributed by atoms with Crippen molar-refractivity contribution in [2.45, 2.75) is 0 Å². The first-order chi connectivity index (χ1) is 2.00. The summed E-state index contributed by atoms with van der Waals surface area (Å²) in [5, 5.41) is 0. The first-order valence-electron chi connectivity index (χ1n) is 0.730. The predicted octanol–water partition coefficient (Wildman–Crippen LogP) is -1.79. The van der Waals surface area contributed by atoms with Gasteiger partial charge in [-0.1, -0.05) is 0 Å². The van der Waals surface area contributed by atoms with Crippen LogP contribution in [0.1, 0.15) is 0 Å². The summed E-state index contributed by atoms with van der Waals surface area (Å²) < 4.78 is 19.4. The fraction of sp³-hybridized carbons (Fsp3) is 0. The molecule has 0 amide bonds. The van der Waals surface area contributed by atoms with Crippen molar-refractivity contribution in [3.8, 4) is 0 Å². The number of nitrogens with two attached hydrogens (primary N) is 4. The van der Waals surface area contributed by atoms with Crippen molar-refractivity contribution in [3.05, 3.63) is 0 Å². The molecule has 4 nitrogen and oxygen atoms in total. The van der Waals surface area contributed by atoms with E-state index in [-0.39, 0.29) is 17.0 Å². The van der Waals surface area contributed by atoms with E-state index in [0.29, 0.717) is 0 Å². The second kappa shape index (κ2) is 3.05. The van der Waals surface area contributed by atoms with Gasteiger partial charge in [0.05, 0.1) is 0 Å². The Labute approximate surface area is 51.2 Å². The number of halogens is 1. The zero-order valence-electron chi connectivity index (χ0n) is 3.03. The van der Waals surface area contributed by atoms with Gasteiger partial charge in [0.2, 0.25) is 0 Å². The van der Waals surface area contributed by atoms with Crippen LogP contribution >= 0.6 is 17.0 Å². The van der Waals surface area contributed by atoms with Gasteiger partial charge in [0, 0.05) is 0 Å². The SMILES string of the molecule is Br.[NH2][Pd]([NH2])([NH2])[NH2]. The molecule has 0 fully saturated rings. The van der Waals surface area contributed by atoms with E-state index in [2.05, 4.69) is 0 Å². The molecule has 0 aromatic rings. The van der Waals surface area contributed by atoms with Gasteiger partial charge in [-0.15, -0.1) is 17.0 Å². The summed E-state index contributed by atoms with van der Waals surface area (Å²) in [6, 6.07) is 0. The average molecular weight is 251 g/mol. The molecule has 0 saturated carbocycles. The number of hydrogen-bond donors (Lipinski definition) is 4. The minimum atomic E-state index is -2.70. The zero-order valence-corrected chi connectivity index (χ0v) is 6.30. The Morgan fingerprint density at radius 2 is 0.833 bits per heavy atom. The average Bonchev–Trinajstić information content (AvgIpc) is 0.722. The third-order valence-electron chi connectivity index (χ3n) is 0. The molecule has 0 unspecified atom stereocenters. The zero-order chi connectivity index (χ0) is 4.50. The molecule has 0 heterocycles. The summed E-state index contributed by atoms with van der Waals surface area (Å²) in [6.45, 7) is 0. The van der Waals surface area contributed by atoms with Crippen molar-refractivity contribution in [1.82, 2.24) is 0 Å². The standard InChI is InChI=1S/BrH.4H2N.Pd/h1H;4*1H2;/q;4*-1;+4. The van der Waals surface area contributed by atoms with Crippen LogP contribution in [0.25, 0.3) is 0 Å². The molecule has 0 aliphatic heterocycles. The van der Waals surface area contributed by atoms with E-state index in [9.17, 15) is 0 Å². The van der Waals surface area contributed by atoms with Gasteiger partial charge < -0.3 is 0 Å². The van der Waals surface area contributed by atoms with E-state index in [1.807, 2.05) is 0 Å². The first kappa shape index (κ1) is 10.1. The van der Waals surface area contributed by atoms with Gasteiger partial charge in [0.15, 0.2) is 0 Å². The molecule has 0 saturated heterocycles. The maximum atomic E-state index is 4.84. The normalized spacial score (nSPS) is 12.7. The minimum absolute atomic E-state index is 0. The molecule has 46 valence electrons. The van der Waals surface area contributed by atoms with Crippen LogP contribution in [0.2, 0.25) is 0 Å². The molecule has 0 rings (SSSR count). The topological polar surface area (TPSA) is 104 Å². The Bertz CT molecular complexity index is 23.0. The molecule has 0 aliphatic carbocycles. The first-order valence-corrected chi connectivity index (χ1v) is 4.32. The summed E-state index contributed by atoms with van der Waals surface area (Å²) in [7, 11) is 0. The second-order valence-corrected chi connectivity index (χ2v) is 3.74. The Morgan fingerprint density at radius 3 is 0.833 bits per heavy atom. The van der Waals surface area contributed by atoms with Gasteiger partial charge in [-0.3, -0.25) is 0 Å². The van der Waals surface area contributed by atoms with Crippen LogP contribution in [0.15, 0.2) is 0 Å².